The van der Waals surface area contributed by atoms with Crippen molar-refractivity contribution in [3.63, 3.8) is 0 Å². The molecule has 0 aromatic heterocycles. The fraction of sp³-hybridized carbons (Fsp3) is 0.481. The van der Waals surface area contributed by atoms with Gasteiger partial charge in [0, 0.05) is 11.6 Å². The maximum absolute atomic E-state index is 12.5. The molecule has 32 heavy (non-hydrogen) atoms. The van der Waals surface area contributed by atoms with Gasteiger partial charge in [0.15, 0.2) is 12.4 Å². The lowest BCUT2D eigenvalue weighted by Crippen LogP contribution is -2.15. The normalized spacial score (nSPS) is 10.7. The second-order valence-electron chi connectivity index (χ2n) is 8.07. The van der Waals surface area contributed by atoms with Gasteiger partial charge in [0.1, 0.15) is 11.5 Å². The second-order valence-corrected chi connectivity index (χ2v) is 8.07. The SMILES string of the molecule is CCCCCCCCCCCCOC(=O)COc1ccc(C(=O)c2ccccc2)c(O)c1. The van der Waals surface area contributed by atoms with E-state index in [-0.39, 0.29) is 23.7 Å². The van der Waals surface area contributed by atoms with Crippen LogP contribution in [0.2, 0.25) is 0 Å². The summed E-state index contributed by atoms with van der Waals surface area (Å²) in [6.45, 7) is 2.40. The number of hydrogen-bond acceptors (Lipinski definition) is 5. The topological polar surface area (TPSA) is 72.8 Å². The van der Waals surface area contributed by atoms with Gasteiger partial charge in [-0.15, -0.1) is 0 Å². The third-order valence-electron chi connectivity index (χ3n) is 5.37. The summed E-state index contributed by atoms with van der Waals surface area (Å²) in [4.78, 5) is 24.3. The highest BCUT2D eigenvalue weighted by Crippen LogP contribution is 2.26. The molecule has 174 valence electrons. The monoisotopic (exact) mass is 440 g/mol. The lowest BCUT2D eigenvalue weighted by molar-refractivity contribution is -0.146. The number of aromatic hydroxyl groups is 1. The zero-order valence-electron chi connectivity index (χ0n) is 19.2. The van der Waals surface area contributed by atoms with Crippen molar-refractivity contribution < 1.29 is 24.2 Å². The molecule has 0 aliphatic rings. The summed E-state index contributed by atoms with van der Waals surface area (Å²) < 4.78 is 10.6. The van der Waals surface area contributed by atoms with Crippen LogP contribution in [-0.4, -0.2) is 30.1 Å². The van der Waals surface area contributed by atoms with Gasteiger partial charge in [0.2, 0.25) is 0 Å². The molecule has 0 heterocycles. The average molecular weight is 441 g/mol. The van der Waals surface area contributed by atoms with Crippen LogP contribution in [0.3, 0.4) is 0 Å². The van der Waals surface area contributed by atoms with Gasteiger partial charge < -0.3 is 14.6 Å². The fourth-order valence-electron chi connectivity index (χ4n) is 3.50. The molecule has 2 aromatic rings. The van der Waals surface area contributed by atoms with E-state index >= 15 is 0 Å². The van der Waals surface area contributed by atoms with E-state index in [2.05, 4.69) is 6.92 Å². The number of benzene rings is 2. The van der Waals surface area contributed by atoms with E-state index in [9.17, 15) is 14.7 Å². The molecular weight excluding hydrogens is 404 g/mol. The molecule has 0 atom stereocenters. The molecule has 0 aliphatic carbocycles. The molecule has 0 spiro atoms. The van der Waals surface area contributed by atoms with E-state index in [1.165, 1.54) is 63.5 Å². The molecular formula is C27H36O5. The van der Waals surface area contributed by atoms with Gasteiger partial charge in [-0.25, -0.2) is 4.79 Å². The molecule has 2 rings (SSSR count). The molecule has 0 amide bonds. The summed E-state index contributed by atoms with van der Waals surface area (Å²) in [7, 11) is 0. The third kappa shape index (κ3) is 9.54. The summed E-state index contributed by atoms with van der Waals surface area (Å²) in [5.74, 6) is -0.589. The van der Waals surface area contributed by atoms with Gasteiger partial charge in [0.05, 0.1) is 12.2 Å². The predicted molar refractivity (Wildman–Crippen MR) is 126 cm³/mol. The van der Waals surface area contributed by atoms with Gasteiger partial charge in [0.25, 0.3) is 0 Å². The predicted octanol–water partition coefficient (Wildman–Crippen LogP) is 6.47. The van der Waals surface area contributed by atoms with E-state index in [0.717, 1.165) is 12.8 Å². The zero-order valence-corrected chi connectivity index (χ0v) is 19.2. The Labute approximate surface area is 191 Å². The first kappa shape index (κ1) is 25.4. The molecule has 5 heteroatoms. The van der Waals surface area contributed by atoms with Crippen molar-refractivity contribution in [3.05, 3.63) is 59.7 Å². The summed E-state index contributed by atoms with van der Waals surface area (Å²) >= 11 is 0. The van der Waals surface area contributed by atoms with Crippen LogP contribution in [0.5, 0.6) is 11.5 Å². The van der Waals surface area contributed by atoms with Crippen molar-refractivity contribution in [2.75, 3.05) is 13.2 Å². The minimum Gasteiger partial charge on any atom is -0.507 e. The van der Waals surface area contributed by atoms with Crippen LogP contribution in [0.4, 0.5) is 0 Å². The minimum absolute atomic E-state index is 0.185. The summed E-state index contributed by atoms with van der Waals surface area (Å²) in [6.07, 6.45) is 12.3. The van der Waals surface area contributed by atoms with Crippen LogP contribution >= 0.6 is 0 Å². The number of esters is 1. The van der Waals surface area contributed by atoms with Crippen molar-refractivity contribution in [1.82, 2.24) is 0 Å². The Balaban J connectivity index is 1.59. The van der Waals surface area contributed by atoms with Crippen LogP contribution in [0.25, 0.3) is 0 Å². The Kier molecular flexibility index (Phi) is 12.0. The van der Waals surface area contributed by atoms with Crippen LogP contribution in [-0.2, 0) is 9.53 Å². The molecule has 2 aromatic carbocycles. The Hall–Kier alpha value is -2.82. The minimum atomic E-state index is -0.440. The highest BCUT2D eigenvalue weighted by molar-refractivity contribution is 6.10. The summed E-state index contributed by atoms with van der Waals surface area (Å²) in [5, 5.41) is 10.2. The van der Waals surface area contributed by atoms with E-state index in [1.807, 2.05) is 6.07 Å². The number of ether oxygens (including phenoxy) is 2. The fourth-order valence-corrected chi connectivity index (χ4v) is 3.50. The second kappa shape index (κ2) is 15.1. The van der Waals surface area contributed by atoms with Crippen molar-refractivity contribution >= 4 is 11.8 Å². The molecule has 0 aliphatic heterocycles. The van der Waals surface area contributed by atoms with Crippen LogP contribution < -0.4 is 4.74 Å². The Morgan fingerprint density at radius 2 is 1.44 bits per heavy atom. The number of carbonyl (C=O) groups is 2. The summed E-state index contributed by atoms with van der Waals surface area (Å²) in [6, 6.07) is 13.1. The number of ketones is 1. The number of phenolic OH excluding ortho intramolecular Hbond substituents is 1. The van der Waals surface area contributed by atoms with E-state index in [1.54, 1.807) is 30.3 Å². The molecule has 0 fully saturated rings. The maximum Gasteiger partial charge on any atom is 0.344 e. The van der Waals surface area contributed by atoms with Crippen LogP contribution in [0, 0.1) is 0 Å². The molecule has 5 nitrogen and oxygen atoms in total. The van der Waals surface area contributed by atoms with Crippen LogP contribution in [0.15, 0.2) is 48.5 Å². The largest absolute Gasteiger partial charge is 0.507 e. The first-order valence-electron chi connectivity index (χ1n) is 11.8. The molecule has 0 radical (unpaired) electrons. The number of rotatable bonds is 16. The Morgan fingerprint density at radius 1 is 0.812 bits per heavy atom. The number of hydrogen-bond donors (Lipinski definition) is 1. The molecule has 0 saturated carbocycles. The van der Waals surface area contributed by atoms with Gasteiger partial charge in [-0.1, -0.05) is 95.0 Å². The standard InChI is InChI=1S/C27H36O5/c1-2-3-4-5-6-7-8-9-10-14-19-31-26(29)21-32-23-17-18-24(25(28)20-23)27(30)22-15-12-11-13-16-22/h11-13,15-18,20,28H,2-10,14,19,21H2,1H3. The molecule has 0 saturated heterocycles. The Bertz CT molecular complexity index is 816. The lowest BCUT2D eigenvalue weighted by Gasteiger charge is -2.09. The van der Waals surface area contributed by atoms with E-state index < -0.39 is 5.97 Å². The highest BCUT2D eigenvalue weighted by Gasteiger charge is 2.14. The molecule has 0 unspecified atom stereocenters. The Morgan fingerprint density at radius 3 is 2.06 bits per heavy atom. The zero-order chi connectivity index (χ0) is 23.0. The number of phenols is 1. The van der Waals surface area contributed by atoms with Gasteiger partial charge in [-0.05, 0) is 18.6 Å². The third-order valence-corrected chi connectivity index (χ3v) is 5.37. The van der Waals surface area contributed by atoms with E-state index in [4.69, 9.17) is 9.47 Å². The number of carbonyl (C=O) groups excluding carboxylic acids is 2. The lowest BCUT2D eigenvalue weighted by atomic mass is 10.0. The highest BCUT2D eigenvalue weighted by atomic mass is 16.6. The smallest absolute Gasteiger partial charge is 0.344 e. The van der Waals surface area contributed by atoms with Gasteiger partial charge >= 0.3 is 5.97 Å². The van der Waals surface area contributed by atoms with Crippen molar-refractivity contribution in [3.8, 4) is 11.5 Å². The molecule has 1 N–H and O–H groups in total. The quantitative estimate of drug-likeness (QED) is 0.184. The average Bonchev–Trinajstić information content (AvgIpc) is 2.81. The van der Waals surface area contributed by atoms with Crippen molar-refractivity contribution in [2.45, 2.75) is 71.1 Å². The van der Waals surface area contributed by atoms with Crippen molar-refractivity contribution in [2.24, 2.45) is 0 Å². The van der Waals surface area contributed by atoms with Gasteiger partial charge in [-0.2, -0.15) is 0 Å². The van der Waals surface area contributed by atoms with Crippen LogP contribution in [0.1, 0.15) is 87.1 Å². The summed E-state index contributed by atoms with van der Waals surface area (Å²) in [5.41, 5.74) is 0.680. The van der Waals surface area contributed by atoms with E-state index in [0.29, 0.717) is 17.9 Å². The molecule has 0 bridgehead atoms. The van der Waals surface area contributed by atoms with Gasteiger partial charge in [-0.3, -0.25) is 4.79 Å². The first-order chi connectivity index (χ1) is 15.6. The first-order valence-corrected chi connectivity index (χ1v) is 11.8. The van der Waals surface area contributed by atoms with Crippen molar-refractivity contribution in [1.29, 1.82) is 0 Å². The number of unbranched alkanes of at least 4 members (excludes halogenated alkanes) is 9. The maximum atomic E-state index is 12.5.